The number of aromatic nitrogens is 5. The first-order chi connectivity index (χ1) is 23.9. The van der Waals surface area contributed by atoms with E-state index in [4.69, 9.17) is 9.26 Å². The molecule has 0 atom stereocenters. The molecule has 15 heteroatoms. The van der Waals surface area contributed by atoms with E-state index in [0.29, 0.717) is 66.2 Å². The van der Waals surface area contributed by atoms with E-state index in [2.05, 4.69) is 45.5 Å². The van der Waals surface area contributed by atoms with Gasteiger partial charge in [0.25, 0.3) is 0 Å². The number of ether oxygens (including phenoxy) is 1. The van der Waals surface area contributed by atoms with E-state index < -0.39 is 6.09 Å². The molecular weight excluding hydrogens is 646 g/mol. The standard InChI is InChI=1S/C34H35N9O5S/c1-21-28(39-34(46)47-25-5-3-2-4-6-25)13-23(16-35-21)22-7-8-27-30(14-22)49-33(38-27)40-31(45)19-42-9-11-43(12-10-42)32-36-17-24(18-37-32)29-15-26(20-44)48-41-29/h7-8,13-18,20,25H,2-6,9-12,19H2,1H3,(H,39,46)(H,38,40,45). The third-order valence-corrected chi connectivity index (χ3v) is 9.65. The molecule has 4 aromatic heterocycles. The van der Waals surface area contributed by atoms with Gasteiger partial charge in [0.05, 0.1) is 28.1 Å². The number of thiazole rings is 1. The summed E-state index contributed by atoms with van der Waals surface area (Å²) in [6, 6.07) is 9.33. The van der Waals surface area contributed by atoms with Gasteiger partial charge in [-0.05, 0) is 56.4 Å². The Morgan fingerprint density at radius 3 is 2.49 bits per heavy atom. The molecule has 2 fully saturated rings. The first kappa shape index (κ1) is 32.3. The van der Waals surface area contributed by atoms with Gasteiger partial charge in [0.15, 0.2) is 17.2 Å². The second-order valence-electron chi connectivity index (χ2n) is 12.2. The number of fused-ring (bicyclic) bond motifs is 1. The van der Waals surface area contributed by atoms with Gasteiger partial charge in [-0.1, -0.05) is 29.0 Å². The number of aryl methyl sites for hydroxylation is 1. The van der Waals surface area contributed by atoms with Crippen molar-refractivity contribution >= 4 is 56.6 Å². The molecule has 2 amide bonds. The Labute approximate surface area is 285 Å². The van der Waals surface area contributed by atoms with Crippen molar-refractivity contribution in [3.63, 3.8) is 0 Å². The van der Waals surface area contributed by atoms with Crippen molar-refractivity contribution in [1.82, 2.24) is 30.0 Å². The van der Waals surface area contributed by atoms with Crippen LogP contribution in [0.5, 0.6) is 0 Å². The average molecular weight is 682 g/mol. The molecule has 49 heavy (non-hydrogen) atoms. The van der Waals surface area contributed by atoms with Crippen LogP contribution in [0, 0.1) is 6.92 Å². The first-order valence-corrected chi connectivity index (χ1v) is 17.1. The highest BCUT2D eigenvalue weighted by Gasteiger charge is 2.22. The van der Waals surface area contributed by atoms with E-state index in [-0.39, 0.29) is 24.3 Å². The van der Waals surface area contributed by atoms with Crippen LogP contribution < -0.4 is 15.5 Å². The van der Waals surface area contributed by atoms with Gasteiger partial charge >= 0.3 is 6.09 Å². The number of piperazine rings is 1. The maximum atomic E-state index is 13.0. The summed E-state index contributed by atoms with van der Waals surface area (Å²) in [5.41, 5.74) is 5.03. The van der Waals surface area contributed by atoms with Gasteiger partial charge in [-0.3, -0.25) is 24.8 Å². The molecule has 0 radical (unpaired) electrons. The van der Waals surface area contributed by atoms with Gasteiger partial charge in [0, 0.05) is 62.0 Å². The molecule has 1 saturated heterocycles. The van der Waals surface area contributed by atoms with Gasteiger partial charge in [-0.15, -0.1) is 0 Å². The summed E-state index contributed by atoms with van der Waals surface area (Å²) < 4.78 is 11.5. The fraction of sp³-hybridized carbons (Fsp3) is 0.353. The SMILES string of the molecule is Cc1ncc(-c2ccc3nc(NC(=O)CN4CCN(c5ncc(-c6cc(C=O)on6)cn5)CC4)sc3c2)cc1NC(=O)OC1CCCCC1. The monoisotopic (exact) mass is 681 g/mol. The molecule has 0 spiro atoms. The van der Waals surface area contributed by atoms with Gasteiger partial charge in [0.2, 0.25) is 11.9 Å². The molecule has 1 aliphatic heterocycles. The Morgan fingerprint density at radius 2 is 1.73 bits per heavy atom. The lowest BCUT2D eigenvalue weighted by atomic mass is 9.98. The number of anilines is 3. The van der Waals surface area contributed by atoms with E-state index in [0.717, 1.165) is 47.0 Å². The van der Waals surface area contributed by atoms with Crippen molar-refractivity contribution in [2.75, 3.05) is 48.3 Å². The predicted octanol–water partition coefficient (Wildman–Crippen LogP) is 5.57. The highest BCUT2D eigenvalue weighted by atomic mass is 32.1. The topological polar surface area (TPSA) is 169 Å². The minimum atomic E-state index is -0.450. The number of hydrogen-bond donors (Lipinski definition) is 2. The zero-order valence-electron chi connectivity index (χ0n) is 26.9. The summed E-state index contributed by atoms with van der Waals surface area (Å²) in [5, 5.41) is 10.2. The number of pyridine rings is 1. The summed E-state index contributed by atoms with van der Waals surface area (Å²) in [5.74, 6) is 0.604. The number of hydrogen-bond acceptors (Lipinski definition) is 13. The fourth-order valence-electron chi connectivity index (χ4n) is 6.01. The number of aldehydes is 1. The van der Waals surface area contributed by atoms with Crippen LogP contribution in [-0.2, 0) is 9.53 Å². The predicted molar refractivity (Wildman–Crippen MR) is 185 cm³/mol. The summed E-state index contributed by atoms with van der Waals surface area (Å²) in [7, 11) is 0. The number of amides is 2. The Kier molecular flexibility index (Phi) is 9.52. The van der Waals surface area contributed by atoms with Gasteiger partial charge in [-0.25, -0.2) is 19.7 Å². The number of carbonyl (C=O) groups excluding carboxylic acids is 3. The highest BCUT2D eigenvalue weighted by molar-refractivity contribution is 7.22. The lowest BCUT2D eigenvalue weighted by molar-refractivity contribution is -0.117. The zero-order chi connectivity index (χ0) is 33.7. The molecule has 1 saturated carbocycles. The zero-order valence-corrected chi connectivity index (χ0v) is 27.7. The summed E-state index contributed by atoms with van der Waals surface area (Å²) >= 11 is 1.41. The van der Waals surface area contributed by atoms with E-state index in [1.807, 2.05) is 31.2 Å². The minimum Gasteiger partial charge on any atom is -0.446 e. The lowest BCUT2D eigenvalue weighted by Crippen LogP contribution is -2.49. The maximum Gasteiger partial charge on any atom is 0.411 e. The van der Waals surface area contributed by atoms with Crippen LogP contribution in [0.1, 0.15) is 48.4 Å². The lowest BCUT2D eigenvalue weighted by Gasteiger charge is -2.34. The molecule has 5 aromatic rings. The van der Waals surface area contributed by atoms with Crippen molar-refractivity contribution in [2.45, 2.75) is 45.1 Å². The van der Waals surface area contributed by atoms with Crippen LogP contribution in [0.15, 0.2) is 53.4 Å². The Hall–Kier alpha value is -5.28. The summed E-state index contributed by atoms with van der Waals surface area (Å²) in [6.45, 7) is 4.78. The van der Waals surface area contributed by atoms with Crippen molar-refractivity contribution in [3.05, 3.63) is 60.4 Å². The largest absolute Gasteiger partial charge is 0.446 e. The van der Waals surface area contributed by atoms with Gasteiger partial charge in [-0.2, -0.15) is 0 Å². The normalized spacial score (nSPS) is 15.7. The molecule has 7 rings (SSSR count). The summed E-state index contributed by atoms with van der Waals surface area (Å²) in [4.78, 5) is 58.6. The molecular formula is C34H35N9O5S. The van der Waals surface area contributed by atoms with Gasteiger partial charge in [0.1, 0.15) is 11.8 Å². The van der Waals surface area contributed by atoms with Crippen LogP contribution in [0.3, 0.4) is 0 Å². The van der Waals surface area contributed by atoms with Crippen LogP contribution >= 0.6 is 11.3 Å². The second kappa shape index (κ2) is 14.5. The van der Waals surface area contributed by atoms with Crippen LogP contribution in [0.2, 0.25) is 0 Å². The Morgan fingerprint density at radius 1 is 0.959 bits per heavy atom. The molecule has 1 aliphatic carbocycles. The molecule has 14 nitrogen and oxygen atoms in total. The third kappa shape index (κ3) is 7.73. The molecule has 5 heterocycles. The summed E-state index contributed by atoms with van der Waals surface area (Å²) in [6.07, 6.45) is 10.4. The Bertz CT molecular complexity index is 1960. The van der Waals surface area contributed by atoms with Crippen molar-refractivity contribution in [2.24, 2.45) is 0 Å². The molecule has 2 aliphatic rings. The highest BCUT2D eigenvalue weighted by Crippen LogP contribution is 2.32. The third-order valence-electron chi connectivity index (χ3n) is 8.72. The number of nitrogens with zero attached hydrogens (tertiary/aromatic N) is 7. The van der Waals surface area contributed by atoms with E-state index in [1.165, 1.54) is 23.8 Å². The first-order valence-electron chi connectivity index (χ1n) is 16.3. The van der Waals surface area contributed by atoms with E-state index in [1.54, 1.807) is 18.6 Å². The second-order valence-corrected chi connectivity index (χ2v) is 13.2. The molecule has 252 valence electrons. The molecule has 1 aromatic carbocycles. The van der Waals surface area contributed by atoms with Crippen molar-refractivity contribution in [1.29, 1.82) is 0 Å². The number of benzene rings is 1. The quantitative estimate of drug-likeness (QED) is 0.186. The van der Waals surface area contributed by atoms with Gasteiger partial charge < -0.3 is 19.5 Å². The number of nitrogens with one attached hydrogen (secondary N) is 2. The van der Waals surface area contributed by atoms with E-state index >= 15 is 0 Å². The number of rotatable bonds is 9. The van der Waals surface area contributed by atoms with Crippen LogP contribution in [0.25, 0.3) is 32.6 Å². The Balaban J connectivity index is 0.921. The maximum absolute atomic E-state index is 13.0. The number of carbonyl (C=O) groups is 3. The van der Waals surface area contributed by atoms with Crippen LogP contribution in [0.4, 0.5) is 21.6 Å². The van der Waals surface area contributed by atoms with Crippen LogP contribution in [-0.4, -0.2) is 87.1 Å². The van der Waals surface area contributed by atoms with Crippen molar-refractivity contribution in [3.8, 4) is 22.4 Å². The van der Waals surface area contributed by atoms with E-state index in [9.17, 15) is 14.4 Å². The molecule has 2 N–H and O–H groups in total. The minimum absolute atomic E-state index is 0.0307. The van der Waals surface area contributed by atoms with Crippen molar-refractivity contribution < 1.29 is 23.6 Å². The average Bonchev–Trinajstić information content (AvgIpc) is 3.77. The molecule has 0 unspecified atom stereocenters. The smallest absolute Gasteiger partial charge is 0.411 e. The molecule has 0 bridgehead atoms. The fourth-order valence-corrected chi connectivity index (χ4v) is 6.94.